The Morgan fingerprint density at radius 1 is 1.27 bits per heavy atom. The second kappa shape index (κ2) is 5.31. The third-order valence-corrected chi connectivity index (χ3v) is 2.20. The minimum atomic E-state index is -1.16. The Hall–Kier alpha value is -1.62. The maximum absolute atomic E-state index is 11.2. The van der Waals surface area contributed by atoms with Gasteiger partial charge in [-0.1, -0.05) is 12.1 Å². The molecule has 1 aromatic carbocycles. The lowest BCUT2D eigenvalue weighted by molar-refractivity contribution is -0.131. The van der Waals surface area contributed by atoms with Crippen molar-refractivity contribution in [2.75, 3.05) is 5.32 Å². The molecule has 15 heavy (non-hydrogen) atoms. The van der Waals surface area contributed by atoms with E-state index in [1.165, 1.54) is 0 Å². The molecule has 0 unspecified atom stereocenters. The molecule has 1 aromatic rings. The highest BCUT2D eigenvalue weighted by Gasteiger charge is 2.01. The van der Waals surface area contributed by atoms with Crippen molar-refractivity contribution < 1.29 is 14.7 Å². The zero-order valence-electron chi connectivity index (χ0n) is 7.61. The number of carbonyl (C=O) groups is 2. The molecular formula is C10H8BrNO3. The largest absolute Gasteiger partial charge is 0.478 e. The molecule has 0 aliphatic heterocycles. The Morgan fingerprint density at radius 3 is 2.53 bits per heavy atom. The van der Waals surface area contributed by atoms with Gasteiger partial charge in [0.15, 0.2) is 0 Å². The molecular weight excluding hydrogens is 262 g/mol. The number of benzene rings is 1. The third-order valence-electron chi connectivity index (χ3n) is 1.51. The number of rotatable bonds is 3. The van der Waals surface area contributed by atoms with Crippen LogP contribution in [0.3, 0.4) is 0 Å². The second-order valence-electron chi connectivity index (χ2n) is 2.64. The Labute approximate surface area is 94.7 Å². The van der Waals surface area contributed by atoms with E-state index in [-0.39, 0.29) is 0 Å². The number of hydrogen-bond acceptors (Lipinski definition) is 2. The van der Waals surface area contributed by atoms with Crippen LogP contribution in [0.2, 0.25) is 0 Å². The summed E-state index contributed by atoms with van der Waals surface area (Å²) in [5.41, 5.74) is 0.595. The van der Waals surface area contributed by atoms with Crippen molar-refractivity contribution in [1.29, 1.82) is 0 Å². The SMILES string of the molecule is O=C(O)/C=C\C(=O)Nc1ccccc1Br. The van der Waals surface area contributed by atoms with Crippen LogP contribution in [0.1, 0.15) is 0 Å². The smallest absolute Gasteiger partial charge is 0.328 e. The number of carbonyl (C=O) groups excluding carboxylic acids is 1. The standard InChI is InChI=1S/C10H8BrNO3/c11-7-3-1-2-4-8(7)12-9(13)5-6-10(14)15/h1-6H,(H,12,13)(H,14,15)/b6-5-. The van der Waals surface area contributed by atoms with Gasteiger partial charge in [-0.05, 0) is 28.1 Å². The van der Waals surface area contributed by atoms with E-state index < -0.39 is 11.9 Å². The number of aliphatic carboxylic acids is 1. The van der Waals surface area contributed by atoms with Crippen molar-refractivity contribution in [3.05, 3.63) is 40.9 Å². The van der Waals surface area contributed by atoms with Gasteiger partial charge in [-0.2, -0.15) is 0 Å². The molecule has 0 radical (unpaired) electrons. The number of amides is 1. The van der Waals surface area contributed by atoms with Crippen LogP contribution in [0.25, 0.3) is 0 Å². The van der Waals surface area contributed by atoms with E-state index in [0.717, 1.165) is 16.6 Å². The fourth-order valence-corrected chi connectivity index (χ4v) is 1.27. The third kappa shape index (κ3) is 3.95. The number of para-hydroxylation sites is 1. The lowest BCUT2D eigenvalue weighted by Crippen LogP contribution is -2.08. The number of nitrogens with one attached hydrogen (secondary N) is 1. The normalized spacial score (nSPS) is 10.2. The van der Waals surface area contributed by atoms with Crippen LogP contribution < -0.4 is 5.32 Å². The molecule has 2 N–H and O–H groups in total. The summed E-state index contributed by atoms with van der Waals surface area (Å²) >= 11 is 3.25. The summed E-state index contributed by atoms with van der Waals surface area (Å²) in [6.45, 7) is 0. The highest BCUT2D eigenvalue weighted by molar-refractivity contribution is 9.10. The van der Waals surface area contributed by atoms with Gasteiger partial charge in [0.25, 0.3) is 0 Å². The first-order valence-corrected chi connectivity index (χ1v) is 4.85. The molecule has 0 saturated carbocycles. The Morgan fingerprint density at radius 2 is 1.93 bits per heavy atom. The van der Waals surface area contributed by atoms with Gasteiger partial charge in [-0.3, -0.25) is 4.79 Å². The molecule has 0 aliphatic carbocycles. The van der Waals surface area contributed by atoms with Crippen molar-refractivity contribution in [1.82, 2.24) is 0 Å². The van der Waals surface area contributed by atoms with E-state index in [2.05, 4.69) is 21.2 Å². The van der Waals surface area contributed by atoms with Crippen molar-refractivity contribution >= 4 is 33.5 Å². The van der Waals surface area contributed by atoms with Crippen molar-refractivity contribution in [2.45, 2.75) is 0 Å². The minimum absolute atomic E-state index is 0.482. The molecule has 0 heterocycles. The molecule has 4 nitrogen and oxygen atoms in total. The van der Waals surface area contributed by atoms with Gasteiger partial charge in [-0.25, -0.2) is 4.79 Å². The van der Waals surface area contributed by atoms with E-state index in [0.29, 0.717) is 5.69 Å². The summed E-state index contributed by atoms with van der Waals surface area (Å²) in [5.74, 6) is -1.64. The van der Waals surface area contributed by atoms with Crippen LogP contribution >= 0.6 is 15.9 Å². The van der Waals surface area contributed by atoms with Gasteiger partial charge in [0.1, 0.15) is 0 Å². The predicted molar refractivity (Wildman–Crippen MR) is 59.5 cm³/mol. The summed E-state index contributed by atoms with van der Waals surface area (Å²) in [4.78, 5) is 21.3. The minimum Gasteiger partial charge on any atom is -0.478 e. The van der Waals surface area contributed by atoms with Crippen LogP contribution in [0.5, 0.6) is 0 Å². The van der Waals surface area contributed by atoms with E-state index in [1.54, 1.807) is 18.2 Å². The maximum atomic E-state index is 11.2. The van der Waals surface area contributed by atoms with Crippen molar-refractivity contribution in [2.24, 2.45) is 0 Å². The lowest BCUT2D eigenvalue weighted by Gasteiger charge is -2.03. The van der Waals surface area contributed by atoms with Crippen LogP contribution in [0.15, 0.2) is 40.9 Å². The van der Waals surface area contributed by atoms with Crippen LogP contribution in [0, 0.1) is 0 Å². The molecule has 5 heteroatoms. The lowest BCUT2D eigenvalue weighted by atomic mass is 10.3. The highest BCUT2D eigenvalue weighted by Crippen LogP contribution is 2.20. The quantitative estimate of drug-likeness (QED) is 0.826. The number of anilines is 1. The molecule has 0 atom stereocenters. The van der Waals surface area contributed by atoms with Gasteiger partial charge < -0.3 is 10.4 Å². The topological polar surface area (TPSA) is 66.4 Å². The van der Waals surface area contributed by atoms with Gasteiger partial charge in [-0.15, -0.1) is 0 Å². The second-order valence-corrected chi connectivity index (χ2v) is 3.50. The molecule has 0 spiro atoms. The Kier molecular flexibility index (Phi) is 4.05. The van der Waals surface area contributed by atoms with Crippen LogP contribution in [0.4, 0.5) is 5.69 Å². The highest BCUT2D eigenvalue weighted by atomic mass is 79.9. The van der Waals surface area contributed by atoms with Crippen LogP contribution in [-0.2, 0) is 9.59 Å². The zero-order valence-corrected chi connectivity index (χ0v) is 9.19. The van der Waals surface area contributed by atoms with Crippen LogP contribution in [-0.4, -0.2) is 17.0 Å². The van der Waals surface area contributed by atoms with Crippen molar-refractivity contribution in [3.8, 4) is 0 Å². The number of carboxylic acids is 1. The maximum Gasteiger partial charge on any atom is 0.328 e. The van der Waals surface area contributed by atoms with E-state index in [9.17, 15) is 9.59 Å². The molecule has 1 amide bonds. The average molecular weight is 270 g/mol. The number of carboxylic acid groups (broad SMARTS) is 1. The predicted octanol–water partition coefficient (Wildman–Crippen LogP) is 2.03. The summed E-state index contributed by atoms with van der Waals surface area (Å²) in [6, 6.07) is 7.06. The summed E-state index contributed by atoms with van der Waals surface area (Å²) < 4.78 is 0.738. The molecule has 78 valence electrons. The number of halogens is 1. The first-order chi connectivity index (χ1) is 7.09. The molecule has 0 fully saturated rings. The Bertz CT molecular complexity index is 415. The Balaban J connectivity index is 2.67. The summed E-state index contributed by atoms with van der Waals surface area (Å²) in [6.07, 6.45) is 1.74. The average Bonchev–Trinajstić information content (AvgIpc) is 2.18. The fraction of sp³-hybridized carbons (Fsp3) is 0. The van der Waals surface area contributed by atoms with E-state index in [4.69, 9.17) is 5.11 Å². The summed E-state index contributed by atoms with van der Waals surface area (Å²) in [7, 11) is 0. The molecule has 0 bridgehead atoms. The molecule has 0 saturated heterocycles. The van der Waals surface area contributed by atoms with Gasteiger partial charge >= 0.3 is 5.97 Å². The van der Waals surface area contributed by atoms with Gasteiger partial charge in [0.2, 0.25) is 5.91 Å². The van der Waals surface area contributed by atoms with E-state index >= 15 is 0 Å². The van der Waals surface area contributed by atoms with Gasteiger partial charge in [0.05, 0.1) is 5.69 Å². The van der Waals surface area contributed by atoms with Gasteiger partial charge in [0, 0.05) is 16.6 Å². The van der Waals surface area contributed by atoms with Crippen molar-refractivity contribution in [3.63, 3.8) is 0 Å². The molecule has 0 aliphatic rings. The van der Waals surface area contributed by atoms with E-state index in [1.807, 2.05) is 6.07 Å². The summed E-state index contributed by atoms with van der Waals surface area (Å²) in [5, 5.41) is 10.8. The first kappa shape index (κ1) is 11.5. The molecule has 0 aromatic heterocycles. The monoisotopic (exact) mass is 269 g/mol. The zero-order chi connectivity index (χ0) is 11.3. The fourth-order valence-electron chi connectivity index (χ4n) is 0.884. The molecule has 1 rings (SSSR count). The first-order valence-electron chi connectivity index (χ1n) is 4.06. The number of hydrogen-bond donors (Lipinski definition) is 2.